The predicted molar refractivity (Wildman–Crippen MR) is 120 cm³/mol. The number of allylic oxidation sites excluding steroid dienone is 2. The van der Waals surface area contributed by atoms with E-state index in [-0.39, 0.29) is 36.7 Å². The lowest BCUT2D eigenvalue weighted by molar-refractivity contribution is -0.0568. The molecule has 2 rings (SSSR count). The Hall–Kier alpha value is -1.65. The number of hydrogen-bond acceptors (Lipinski definition) is 5. The Morgan fingerprint density at radius 1 is 1.16 bits per heavy atom. The number of halogens is 1. The second kappa shape index (κ2) is 11.3. The van der Waals surface area contributed by atoms with Gasteiger partial charge in [-0.1, -0.05) is 0 Å². The molecule has 2 N–H and O–H groups in total. The lowest BCUT2D eigenvalue weighted by Crippen LogP contribution is -2.50. The molecule has 0 aromatic heterocycles. The van der Waals surface area contributed by atoms with Crippen LogP contribution in [0.2, 0.25) is 0 Å². The first-order valence-electron chi connectivity index (χ1n) is 11.0. The SMILES string of the molecule is C/C(F)=C\C(=C/CNC(=O)N1CCC(NS(=O)(=O)C(C)C)CC1)N1CC(C)OC(C)C1. The summed E-state index contributed by atoms with van der Waals surface area (Å²) >= 11 is 0. The van der Waals surface area contributed by atoms with Crippen LogP contribution in [0.4, 0.5) is 9.18 Å². The van der Waals surface area contributed by atoms with E-state index >= 15 is 0 Å². The minimum atomic E-state index is -3.31. The van der Waals surface area contributed by atoms with Crippen LogP contribution >= 0.6 is 0 Å². The van der Waals surface area contributed by atoms with Gasteiger partial charge in [-0.2, -0.15) is 0 Å². The summed E-state index contributed by atoms with van der Waals surface area (Å²) in [5, 5.41) is 2.38. The van der Waals surface area contributed by atoms with Crippen molar-refractivity contribution >= 4 is 16.1 Å². The van der Waals surface area contributed by atoms with Crippen LogP contribution in [0.1, 0.15) is 47.5 Å². The van der Waals surface area contributed by atoms with Crippen molar-refractivity contribution in [3.05, 3.63) is 23.7 Å². The van der Waals surface area contributed by atoms with Crippen LogP contribution in [-0.4, -0.2) is 80.5 Å². The first-order valence-corrected chi connectivity index (χ1v) is 12.5. The van der Waals surface area contributed by atoms with Crippen LogP contribution in [0.5, 0.6) is 0 Å². The molecule has 2 unspecified atom stereocenters. The molecule has 0 spiro atoms. The Morgan fingerprint density at radius 3 is 2.26 bits per heavy atom. The molecule has 178 valence electrons. The fourth-order valence-corrected chi connectivity index (χ4v) is 4.77. The Bertz CT molecular complexity index is 762. The van der Waals surface area contributed by atoms with Crippen LogP contribution < -0.4 is 10.0 Å². The number of urea groups is 1. The molecule has 8 nitrogen and oxygen atoms in total. The summed E-state index contributed by atoms with van der Waals surface area (Å²) in [5.74, 6) is -0.296. The highest BCUT2D eigenvalue weighted by Crippen LogP contribution is 2.18. The van der Waals surface area contributed by atoms with Gasteiger partial charge in [-0.05, 0) is 59.6 Å². The van der Waals surface area contributed by atoms with E-state index in [0.29, 0.717) is 39.0 Å². The van der Waals surface area contributed by atoms with Gasteiger partial charge < -0.3 is 19.9 Å². The fraction of sp³-hybridized carbons (Fsp3) is 0.762. The standard InChI is InChI=1S/C21H37FN4O4S/c1-15(2)31(28,29)24-19-7-10-25(11-8-19)21(27)23-9-6-20(12-16(3)22)26-13-17(4)30-18(5)14-26/h6,12,15,17-19,24H,7-11,13-14H2,1-5H3,(H,23,27)/b16-12+,20-6+. The average Bonchev–Trinajstić information content (AvgIpc) is 2.66. The van der Waals surface area contributed by atoms with E-state index in [1.807, 2.05) is 19.9 Å². The van der Waals surface area contributed by atoms with Crippen molar-refractivity contribution in [1.82, 2.24) is 19.8 Å². The van der Waals surface area contributed by atoms with Gasteiger partial charge in [-0.15, -0.1) is 0 Å². The summed E-state index contributed by atoms with van der Waals surface area (Å²) in [7, 11) is -3.31. The molecule has 2 fully saturated rings. The largest absolute Gasteiger partial charge is 0.372 e. The highest BCUT2D eigenvalue weighted by atomic mass is 32.2. The Kier molecular flexibility index (Phi) is 9.32. The number of morpholine rings is 1. The number of rotatable bonds is 7. The summed E-state index contributed by atoms with van der Waals surface area (Å²) in [4.78, 5) is 16.3. The number of hydrogen-bond donors (Lipinski definition) is 2. The topological polar surface area (TPSA) is 91.0 Å². The molecule has 10 heteroatoms. The molecule has 0 radical (unpaired) electrons. The smallest absolute Gasteiger partial charge is 0.317 e. The number of carbonyl (C=O) groups is 1. The number of likely N-dealkylation sites (tertiary alicyclic amines) is 1. The third-order valence-corrected chi connectivity index (χ3v) is 7.33. The molecular formula is C21H37FN4O4S. The van der Waals surface area contributed by atoms with E-state index in [1.165, 1.54) is 13.0 Å². The van der Waals surface area contributed by atoms with Crippen molar-refractivity contribution in [3.8, 4) is 0 Å². The maximum atomic E-state index is 13.6. The van der Waals surface area contributed by atoms with E-state index < -0.39 is 15.3 Å². The summed E-state index contributed by atoms with van der Waals surface area (Å²) in [6.45, 7) is 11.2. The lowest BCUT2D eigenvalue weighted by Gasteiger charge is -2.37. The van der Waals surface area contributed by atoms with Crippen LogP contribution in [0.3, 0.4) is 0 Å². The quantitative estimate of drug-likeness (QED) is 0.569. The average molecular weight is 461 g/mol. The maximum Gasteiger partial charge on any atom is 0.317 e. The summed E-state index contributed by atoms with van der Waals surface area (Å²) in [6.07, 6.45) is 4.54. The molecule has 0 saturated carbocycles. The van der Waals surface area contributed by atoms with Crippen molar-refractivity contribution in [2.45, 2.75) is 71.0 Å². The molecule has 0 bridgehead atoms. The van der Waals surface area contributed by atoms with E-state index in [2.05, 4.69) is 14.9 Å². The van der Waals surface area contributed by atoms with Crippen molar-refractivity contribution < 1.29 is 22.3 Å². The minimum absolute atomic E-state index is 0.0458. The number of piperidine rings is 1. The second-order valence-corrected chi connectivity index (χ2v) is 10.9. The Morgan fingerprint density at radius 2 is 1.74 bits per heavy atom. The first-order chi connectivity index (χ1) is 14.5. The van der Waals surface area contributed by atoms with Crippen LogP contribution in [0, 0.1) is 0 Å². The molecule has 2 aliphatic rings. The highest BCUT2D eigenvalue weighted by Gasteiger charge is 2.27. The molecule has 2 aliphatic heterocycles. The van der Waals surface area contributed by atoms with Gasteiger partial charge in [0.2, 0.25) is 10.0 Å². The zero-order valence-corrected chi connectivity index (χ0v) is 20.0. The first kappa shape index (κ1) is 25.6. The van der Waals surface area contributed by atoms with E-state index in [0.717, 1.165) is 5.70 Å². The zero-order valence-electron chi connectivity index (χ0n) is 19.2. The molecule has 2 heterocycles. The second-order valence-electron chi connectivity index (χ2n) is 8.68. The normalized spacial score (nSPS) is 24.6. The molecule has 31 heavy (non-hydrogen) atoms. The van der Waals surface area contributed by atoms with Gasteiger partial charge in [0.15, 0.2) is 0 Å². The molecule has 2 atom stereocenters. The number of nitrogens with one attached hydrogen (secondary N) is 2. The van der Waals surface area contributed by atoms with Crippen molar-refractivity contribution in [3.63, 3.8) is 0 Å². The fourth-order valence-electron chi connectivity index (χ4n) is 3.80. The van der Waals surface area contributed by atoms with Gasteiger partial charge >= 0.3 is 6.03 Å². The predicted octanol–water partition coefficient (Wildman–Crippen LogP) is 2.35. The van der Waals surface area contributed by atoms with E-state index in [9.17, 15) is 17.6 Å². The monoisotopic (exact) mass is 460 g/mol. The summed E-state index contributed by atoms with van der Waals surface area (Å²) < 4.78 is 46.1. The Labute approximate surface area is 185 Å². The molecule has 2 amide bonds. The van der Waals surface area contributed by atoms with Gasteiger partial charge in [-0.3, -0.25) is 0 Å². The van der Waals surface area contributed by atoms with Crippen molar-refractivity contribution in [1.29, 1.82) is 0 Å². The van der Waals surface area contributed by atoms with Crippen LogP contribution in [0.25, 0.3) is 0 Å². The molecular weight excluding hydrogens is 423 g/mol. The van der Waals surface area contributed by atoms with Gasteiger partial charge in [0.25, 0.3) is 0 Å². The van der Waals surface area contributed by atoms with E-state index in [1.54, 1.807) is 18.7 Å². The van der Waals surface area contributed by atoms with Crippen LogP contribution in [0.15, 0.2) is 23.7 Å². The van der Waals surface area contributed by atoms with E-state index in [4.69, 9.17) is 4.74 Å². The third-order valence-electron chi connectivity index (χ3n) is 5.43. The summed E-state index contributed by atoms with van der Waals surface area (Å²) in [6, 6.07) is -0.351. The Balaban J connectivity index is 1.88. The maximum absolute atomic E-state index is 13.6. The lowest BCUT2D eigenvalue weighted by atomic mass is 10.1. The minimum Gasteiger partial charge on any atom is -0.372 e. The van der Waals surface area contributed by atoms with Crippen molar-refractivity contribution in [2.24, 2.45) is 0 Å². The van der Waals surface area contributed by atoms with Crippen molar-refractivity contribution in [2.75, 3.05) is 32.7 Å². The number of nitrogens with zero attached hydrogens (tertiary/aromatic N) is 2. The number of sulfonamides is 1. The van der Waals surface area contributed by atoms with Gasteiger partial charge in [-0.25, -0.2) is 22.3 Å². The molecule has 0 aliphatic carbocycles. The van der Waals surface area contributed by atoms with Gasteiger partial charge in [0.05, 0.1) is 23.3 Å². The number of carbonyl (C=O) groups excluding carboxylic acids is 1. The highest BCUT2D eigenvalue weighted by molar-refractivity contribution is 7.90. The third kappa shape index (κ3) is 8.08. The van der Waals surface area contributed by atoms with Gasteiger partial charge in [0.1, 0.15) is 0 Å². The zero-order chi connectivity index (χ0) is 23.2. The molecule has 0 aromatic rings. The molecule has 2 saturated heterocycles. The number of ether oxygens (including phenoxy) is 1. The molecule has 0 aromatic carbocycles. The van der Waals surface area contributed by atoms with Gasteiger partial charge in [0, 0.05) is 44.5 Å². The van der Waals surface area contributed by atoms with Crippen LogP contribution in [-0.2, 0) is 14.8 Å². The number of amides is 2. The summed E-state index contributed by atoms with van der Waals surface area (Å²) in [5.41, 5.74) is 0.726.